The van der Waals surface area contributed by atoms with Crippen molar-refractivity contribution in [1.29, 1.82) is 0 Å². The van der Waals surface area contributed by atoms with Crippen molar-refractivity contribution in [2.24, 2.45) is 0 Å². The first-order valence-corrected chi connectivity index (χ1v) is 28.3. The Hall–Kier alpha value is -4.18. The molecule has 2 aliphatic rings. The quantitative estimate of drug-likeness (QED) is 0.0355. The molecule has 2 aliphatic carbocycles. The highest BCUT2D eigenvalue weighted by Gasteiger charge is 2.51. The van der Waals surface area contributed by atoms with E-state index in [1.165, 1.54) is 55.6 Å². The Kier molecular flexibility index (Phi) is 18.9. The molecule has 0 radical (unpaired) electrons. The van der Waals surface area contributed by atoms with Gasteiger partial charge in [0.25, 0.3) is 0 Å². The molecule has 0 N–H and O–H groups in total. The van der Waals surface area contributed by atoms with Crippen LogP contribution in [0, 0.1) is 0 Å². The fourth-order valence-electron chi connectivity index (χ4n) is 10.3. The van der Waals surface area contributed by atoms with Crippen LogP contribution in [-0.4, -0.2) is 103 Å². The zero-order valence-electron chi connectivity index (χ0n) is 40.1. The van der Waals surface area contributed by atoms with Gasteiger partial charge in [0.05, 0.1) is 90.1 Å². The van der Waals surface area contributed by atoms with Crippen LogP contribution in [0.15, 0.2) is 167 Å². The summed E-state index contributed by atoms with van der Waals surface area (Å²) >= 11 is 14.6. The number of rotatable bonds is 28. The molecule has 0 saturated heterocycles. The first-order chi connectivity index (χ1) is 35.5. The van der Waals surface area contributed by atoms with Gasteiger partial charge in [-0.2, -0.15) is 0 Å². The summed E-state index contributed by atoms with van der Waals surface area (Å²) in [7, 11) is 0. The Morgan fingerprint density at radius 3 is 1.00 bits per heavy atom. The van der Waals surface area contributed by atoms with Gasteiger partial charge in [-0.25, -0.2) is 0 Å². The van der Waals surface area contributed by atoms with E-state index in [4.69, 9.17) is 37.9 Å². The fraction of sp³-hybridized carbons (Fsp3) is 0.300. The van der Waals surface area contributed by atoms with Gasteiger partial charge in [-0.1, -0.05) is 161 Å². The zero-order chi connectivity index (χ0) is 49.6. The van der Waals surface area contributed by atoms with Gasteiger partial charge in [0.2, 0.25) is 0 Å². The van der Waals surface area contributed by atoms with Crippen molar-refractivity contribution in [2.75, 3.05) is 103 Å². The largest absolute Gasteiger partial charge is 0.491 e. The molecule has 0 heterocycles. The molecule has 0 amide bonds. The molecule has 7 aromatic rings. The fourth-order valence-corrected chi connectivity index (χ4v) is 11.5. The van der Waals surface area contributed by atoms with Gasteiger partial charge < -0.3 is 37.9 Å². The third-order valence-corrected chi connectivity index (χ3v) is 14.8. The van der Waals surface area contributed by atoms with E-state index in [2.05, 4.69) is 209 Å². The summed E-state index contributed by atoms with van der Waals surface area (Å²) in [6, 6.07) is 57.5. The molecule has 2 atom stereocenters. The number of fused-ring (bicyclic) bond motifs is 6. The number of benzene rings is 7. The van der Waals surface area contributed by atoms with Gasteiger partial charge in [0.15, 0.2) is 0 Å². The molecule has 7 aromatic carbocycles. The highest BCUT2D eigenvalue weighted by Crippen LogP contribution is 2.63. The molecule has 12 heteroatoms. The lowest BCUT2D eigenvalue weighted by atomic mass is 9.66. The first-order valence-electron chi connectivity index (χ1n) is 24.5. The zero-order valence-corrected chi connectivity index (χ0v) is 46.4. The van der Waals surface area contributed by atoms with Crippen LogP contribution in [0.3, 0.4) is 0 Å². The first kappa shape index (κ1) is 52.7. The number of hydrogen-bond donors (Lipinski definition) is 0. The highest BCUT2D eigenvalue weighted by atomic mass is 79.9. The van der Waals surface area contributed by atoms with Crippen LogP contribution >= 0.6 is 63.7 Å². The molecule has 374 valence electrons. The molecular formula is C60H58Br4O8. The van der Waals surface area contributed by atoms with Crippen molar-refractivity contribution in [3.05, 3.63) is 211 Å². The van der Waals surface area contributed by atoms with Crippen LogP contribution in [0.5, 0.6) is 11.5 Å². The number of ether oxygens (including phenoxy) is 8. The molecule has 72 heavy (non-hydrogen) atoms. The van der Waals surface area contributed by atoms with Crippen molar-refractivity contribution in [3.8, 4) is 33.8 Å². The normalized spacial score (nSPS) is 16.3. The van der Waals surface area contributed by atoms with Crippen LogP contribution in [0.4, 0.5) is 0 Å². The van der Waals surface area contributed by atoms with E-state index in [0.717, 1.165) is 42.2 Å². The summed E-state index contributed by atoms with van der Waals surface area (Å²) in [5.74, 6) is 1.56. The second kappa shape index (κ2) is 25.9. The third kappa shape index (κ3) is 11.4. The Balaban J connectivity index is 1.08. The minimum absolute atomic E-state index is 0.403. The van der Waals surface area contributed by atoms with E-state index in [1.54, 1.807) is 0 Å². The second-order valence-corrected chi connectivity index (χ2v) is 20.8. The van der Waals surface area contributed by atoms with Crippen molar-refractivity contribution in [3.63, 3.8) is 0 Å². The Morgan fingerprint density at radius 2 is 0.625 bits per heavy atom. The summed E-state index contributed by atoms with van der Waals surface area (Å²) in [5.41, 5.74) is 12.7. The molecule has 0 fully saturated rings. The predicted octanol–water partition coefficient (Wildman–Crippen LogP) is 13.6. The SMILES string of the molecule is BrCCOCCOCCOCCOc1cccc([C@@]2(c3ccccc3)c3cc(Br)ccc3-c3cc4c(cc32)-c2ccc(Br)cc2[C@]4(c2ccccc2)c2cccc(OCCOCCOCCOCCBr)c2)c1. The average Bonchev–Trinajstić information content (AvgIpc) is 3.85. The van der Waals surface area contributed by atoms with E-state index in [9.17, 15) is 0 Å². The Morgan fingerprint density at radius 1 is 0.292 bits per heavy atom. The van der Waals surface area contributed by atoms with Gasteiger partial charge in [0.1, 0.15) is 24.7 Å². The van der Waals surface area contributed by atoms with Crippen LogP contribution in [0.2, 0.25) is 0 Å². The molecule has 0 aromatic heterocycles. The minimum atomic E-state index is -0.701. The predicted molar refractivity (Wildman–Crippen MR) is 300 cm³/mol. The molecular weight excluding hydrogens is 1170 g/mol. The van der Waals surface area contributed by atoms with E-state index >= 15 is 0 Å². The maximum Gasteiger partial charge on any atom is 0.119 e. The molecule has 0 bridgehead atoms. The maximum absolute atomic E-state index is 6.46. The molecule has 8 nitrogen and oxygen atoms in total. The van der Waals surface area contributed by atoms with Crippen molar-refractivity contribution < 1.29 is 37.9 Å². The molecule has 9 rings (SSSR count). The average molecular weight is 1230 g/mol. The van der Waals surface area contributed by atoms with Crippen molar-refractivity contribution >= 4 is 63.7 Å². The molecule has 0 saturated carbocycles. The van der Waals surface area contributed by atoms with E-state index < -0.39 is 10.8 Å². The van der Waals surface area contributed by atoms with Crippen molar-refractivity contribution in [2.45, 2.75) is 10.8 Å². The Labute approximate surface area is 457 Å². The van der Waals surface area contributed by atoms with Crippen LogP contribution in [0.25, 0.3) is 22.3 Å². The van der Waals surface area contributed by atoms with Gasteiger partial charge in [-0.3, -0.25) is 0 Å². The Bertz CT molecular complexity index is 2670. The van der Waals surface area contributed by atoms with Gasteiger partial charge in [-0.15, -0.1) is 0 Å². The number of alkyl halides is 2. The molecule has 0 spiro atoms. The lowest BCUT2D eigenvalue weighted by Crippen LogP contribution is -2.30. The lowest BCUT2D eigenvalue weighted by Gasteiger charge is -2.36. The second-order valence-electron chi connectivity index (χ2n) is 17.4. The summed E-state index contributed by atoms with van der Waals surface area (Å²) in [6.07, 6.45) is 0. The van der Waals surface area contributed by atoms with E-state index in [0.29, 0.717) is 92.5 Å². The summed E-state index contributed by atoms with van der Waals surface area (Å²) in [6.45, 7) is 7.22. The maximum atomic E-state index is 6.46. The summed E-state index contributed by atoms with van der Waals surface area (Å²) in [5, 5.41) is 1.63. The number of halogens is 4. The van der Waals surface area contributed by atoms with Gasteiger partial charge in [-0.05, 0) is 127 Å². The van der Waals surface area contributed by atoms with Crippen molar-refractivity contribution in [1.82, 2.24) is 0 Å². The van der Waals surface area contributed by atoms with Crippen LogP contribution < -0.4 is 9.47 Å². The van der Waals surface area contributed by atoms with E-state index in [-0.39, 0.29) is 0 Å². The third-order valence-electron chi connectivity index (χ3n) is 13.2. The molecule has 0 unspecified atom stereocenters. The lowest BCUT2D eigenvalue weighted by molar-refractivity contribution is 0.0118. The van der Waals surface area contributed by atoms with Gasteiger partial charge in [0, 0.05) is 19.6 Å². The van der Waals surface area contributed by atoms with Crippen LogP contribution in [0.1, 0.15) is 44.5 Å². The standard InChI is InChI=1S/C60H58Br4O8/c61-21-23-65-25-27-67-29-31-69-33-35-71-49-15-7-13-45(37-49)59(43-9-3-1-4-10-43)55-39-47(63)17-19-51(55)53-42-58-54(41-57(53)59)52-20-18-48(64)40-56(52)60(58,44-11-5-2-6-12-44)46-14-8-16-50(38-46)72-36-34-70-32-30-68-28-26-66-24-22-62/h1-20,37-42H,21-36H2/t59-,60-/m0/s1. The topological polar surface area (TPSA) is 73.8 Å². The van der Waals surface area contributed by atoms with E-state index in [1.807, 2.05) is 12.1 Å². The van der Waals surface area contributed by atoms with Gasteiger partial charge >= 0.3 is 0 Å². The van der Waals surface area contributed by atoms with Crippen LogP contribution in [-0.2, 0) is 39.3 Å². The monoisotopic (exact) mass is 1220 g/mol. The molecule has 0 aliphatic heterocycles. The summed E-state index contributed by atoms with van der Waals surface area (Å²) in [4.78, 5) is 0. The smallest absolute Gasteiger partial charge is 0.119 e. The highest BCUT2D eigenvalue weighted by molar-refractivity contribution is 9.11. The number of hydrogen-bond acceptors (Lipinski definition) is 8. The summed E-state index contributed by atoms with van der Waals surface area (Å²) < 4.78 is 49.0. The minimum Gasteiger partial charge on any atom is -0.491 e.